The highest BCUT2D eigenvalue weighted by Gasteiger charge is 2.62. The van der Waals surface area contributed by atoms with E-state index in [1.54, 1.807) is 33.7 Å². The van der Waals surface area contributed by atoms with Gasteiger partial charge in [0.25, 0.3) is 5.56 Å². The Kier molecular flexibility index (Phi) is 4.05. The van der Waals surface area contributed by atoms with E-state index in [0.29, 0.717) is 17.8 Å². The van der Waals surface area contributed by atoms with Gasteiger partial charge < -0.3 is 24.7 Å². The van der Waals surface area contributed by atoms with Crippen molar-refractivity contribution in [3.63, 3.8) is 0 Å². The fourth-order valence-corrected chi connectivity index (χ4v) is 5.02. The first-order chi connectivity index (χ1) is 14.9. The lowest BCUT2D eigenvalue weighted by molar-refractivity contribution is -0.138. The molecule has 2 aliphatic heterocycles. The fraction of sp³-hybridized carbons (Fsp3) is 0.348. The lowest BCUT2D eigenvalue weighted by Gasteiger charge is -2.35. The van der Waals surface area contributed by atoms with Gasteiger partial charge in [-0.2, -0.15) is 0 Å². The van der Waals surface area contributed by atoms with Crippen LogP contribution in [0.5, 0.6) is 5.75 Å². The number of para-hydroxylation sites is 1. The Morgan fingerprint density at radius 1 is 1.29 bits per heavy atom. The Bertz CT molecular complexity index is 1240. The van der Waals surface area contributed by atoms with Crippen LogP contribution in [-0.2, 0) is 19.7 Å². The van der Waals surface area contributed by atoms with Crippen LogP contribution in [0.15, 0.2) is 46.6 Å². The van der Waals surface area contributed by atoms with Crippen LogP contribution in [0.1, 0.15) is 42.6 Å². The summed E-state index contributed by atoms with van der Waals surface area (Å²) in [6.45, 7) is 4.04. The van der Waals surface area contributed by atoms with E-state index in [1.165, 1.54) is 7.11 Å². The number of aromatic nitrogens is 1. The summed E-state index contributed by atoms with van der Waals surface area (Å²) in [7, 11) is 1.21. The molecule has 8 nitrogen and oxygen atoms in total. The molecule has 8 heteroatoms. The van der Waals surface area contributed by atoms with Crippen molar-refractivity contribution in [3.8, 4) is 5.75 Å². The average Bonchev–Trinajstić information content (AvgIpc) is 3.54. The highest BCUT2D eigenvalue weighted by atomic mass is 16.5. The van der Waals surface area contributed by atoms with Crippen molar-refractivity contribution >= 4 is 17.6 Å². The molecule has 3 heterocycles. The number of benzene rings is 1. The predicted molar refractivity (Wildman–Crippen MR) is 113 cm³/mol. The number of nitrogens with two attached hydrogens (primary N) is 1. The lowest BCUT2D eigenvalue weighted by Crippen LogP contribution is -2.52. The molecule has 1 saturated carbocycles. The monoisotopic (exact) mass is 421 g/mol. The lowest BCUT2D eigenvalue weighted by atomic mass is 9.68. The van der Waals surface area contributed by atoms with Gasteiger partial charge in [-0.3, -0.25) is 9.59 Å². The number of rotatable bonds is 3. The zero-order valence-electron chi connectivity index (χ0n) is 17.6. The number of carbonyl (C=O) groups is 2. The molecule has 0 saturated heterocycles. The number of hydrogen-bond donors (Lipinski definition) is 1. The minimum atomic E-state index is -1.72. The van der Waals surface area contributed by atoms with Crippen LogP contribution in [0.3, 0.4) is 0 Å². The summed E-state index contributed by atoms with van der Waals surface area (Å²) in [5, 5.41) is 0. The minimum Gasteiger partial charge on any atom is -0.465 e. The second-order valence-electron chi connectivity index (χ2n) is 8.08. The molecule has 3 aliphatic rings. The Balaban J connectivity index is 1.96. The Morgan fingerprint density at radius 3 is 2.65 bits per heavy atom. The number of esters is 1. The largest absolute Gasteiger partial charge is 0.465 e. The maximum Gasteiger partial charge on any atom is 0.340 e. The van der Waals surface area contributed by atoms with Gasteiger partial charge in [0.2, 0.25) is 11.8 Å². The molecule has 5 rings (SSSR count). The van der Waals surface area contributed by atoms with Crippen LogP contribution in [0.4, 0.5) is 5.69 Å². The number of likely N-dealkylation sites (N-methyl/N-ethyl adjacent to an activating group) is 1. The number of amides is 1. The minimum absolute atomic E-state index is 0.0775. The summed E-state index contributed by atoms with van der Waals surface area (Å²) in [4.78, 5) is 42.5. The second kappa shape index (κ2) is 6.47. The van der Waals surface area contributed by atoms with Gasteiger partial charge in [-0.15, -0.1) is 0 Å². The van der Waals surface area contributed by atoms with Crippen LogP contribution in [0, 0.1) is 6.92 Å². The third-order valence-electron chi connectivity index (χ3n) is 6.40. The molecule has 0 bridgehead atoms. The van der Waals surface area contributed by atoms with E-state index in [-0.39, 0.29) is 34.4 Å². The van der Waals surface area contributed by atoms with Crippen molar-refractivity contribution in [2.75, 3.05) is 18.6 Å². The van der Waals surface area contributed by atoms with Gasteiger partial charge in [-0.1, -0.05) is 18.2 Å². The number of hydrogen-bond acceptors (Lipinski definition) is 6. The number of anilines is 1. The Hall–Kier alpha value is -3.55. The van der Waals surface area contributed by atoms with Crippen molar-refractivity contribution in [2.24, 2.45) is 5.73 Å². The zero-order chi connectivity index (χ0) is 22.1. The highest BCUT2D eigenvalue weighted by molar-refractivity contribution is 6.18. The van der Waals surface area contributed by atoms with Crippen molar-refractivity contribution < 1.29 is 19.1 Å². The van der Waals surface area contributed by atoms with Crippen LogP contribution in [0.25, 0.3) is 0 Å². The number of nitrogens with zero attached hydrogens (tertiary/aromatic N) is 2. The van der Waals surface area contributed by atoms with Gasteiger partial charge in [0.1, 0.15) is 16.7 Å². The third-order valence-corrected chi connectivity index (χ3v) is 6.40. The Labute approximate surface area is 178 Å². The molecule has 1 aliphatic carbocycles. The predicted octanol–water partition coefficient (Wildman–Crippen LogP) is 1.88. The molecular formula is C23H23N3O5. The van der Waals surface area contributed by atoms with Gasteiger partial charge in [0.05, 0.1) is 12.7 Å². The van der Waals surface area contributed by atoms with Gasteiger partial charge in [0.15, 0.2) is 0 Å². The maximum atomic E-state index is 14.1. The topological polar surface area (TPSA) is 104 Å². The van der Waals surface area contributed by atoms with Crippen molar-refractivity contribution in [1.82, 2.24) is 4.57 Å². The molecule has 2 aromatic rings. The summed E-state index contributed by atoms with van der Waals surface area (Å²) < 4.78 is 12.5. The number of ether oxygens (including phenoxy) is 2. The normalized spacial score (nSPS) is 21.8. The molecule has 1 aromatic carbocycles. The number of methoxy groups -OCH3 is 1. The SMILES string of the molecule is CCN1C(=O)C2(C(C(=O)OC)=C(N)Oc3cc(C)n(C4CC4)c(=O)c32)c2ccccc21. The van der Waals surface area contributed by atoms with E-state index in [0.717, 1.165) is 18.5 Å². The molecule has 160 valence electrons. The van der Waals surface area contributed by atoms with E-state index < -0.39 is 17.3 Å². The number of pyridine rings is 1. The molecule has 1 spiro atoms. The first-order valence-electron chi connectivity index (χ1n) is 10.3. The van der Waals surface area contributed by atoms with Crippen LogP contribution < -0.4 is 20.9 Å². The smallest absolute Gasteiger partial charge is 0.340 e. The number of aryl methyl sites for hydroxylation is 1. The van der Waals surface area contributed by atoms with Gasteiger partial charge in [-0.05, 0) is 32.8 Å². The summed E-state index contributed by atoms with van der Waals surface area (Å²) in [5.41, 5.74) is 6.00. The number of carbonyl (C=O) groups excluding carboxylic acids is 2. The molecule has 1 atom stereocenters. The molecule has 1 fully saturated rings. The van der Waals surface area contributed by atoms with Gasteiger partial charge in [-0.25, -0.2) is 4.79 Å². The average molecular weight is 421 g/mol. The van der Waals surface area contributed by atoms with Crippen LogP contribution in [-0.4, -0.2) is 30.1 Å². The summed E-state index contributed by atoms with van der Waals surface area (Å²) in [5.74, 6) is -1.25. The fourth-order valence-electron chi connectivity index (χ4n) is 5.02. The molecule has 1 amide bonds. The summed E-state index contributed by atoms with van der Waals surface area (Å²) >= 11 is 0. The second-order valence-corrected chi connectivity index (χ2v) is 8.08. The maximum absolute atomic E-state index is 14.1. The molecule has 31 heavy (non-hydrogen) atoms. The van der Waals surface area contributed by atoms with E-state index in [1.807, 2.05) is 19.9 Å². The number of fused-ring (bicyclic) bond motifs is 4. The molecule has 1 aromatic heterocycles. The molecule has 2 N–H and O–H groups in total. The zero-order valence-corrected chi connectivity index (χ0v) is 17.6. The van der Waals surface area contributed by atoms with Crippen molar-refractivity contribution in [2.45, 2.75) is 38.1 Å². The summed E-state index contributed by atoms with van der Waals surface area (Å²) in [6.07, 6.45) is 1.78. The third kappa shape index (κ3) is 2.33. The van der Waals surface area contributed by atoms with E-state index in [4.69, 9.17) is 15.2 Å². The molecule has 1 unspecified atom stereocenters. The first-order valence-corrected chi connectivity index (χ1v) is 10.3. The van der Waals surface area contributed by atoms with Gasteiger partial charge in [0, 0.05) is 35.6 Å². The molecule has 0 radical (unpaired) electrons. The van der Waals surface area contributed by atoms with E-state index in [2.05, 4.69) is 0 Å². The summed E-state index contributed by atoms with van der Waals surface area (Å²) in [6, 6.07) is 8.96. The molecular weight excluding hydrogens is 398 g/mol. The van der Waals surface area contributed by atoms with Crippen molar-refractivity contribution in [3.05, 3.63) is 69.0 Å². The first kappa shape index (κ1) is 19.4. The van der Waals surface area contributed by atoms with Crippen LogP contribution in [0.2, 0.25) is 0 Å². The highest BCUT2D eigenvalue weighted by Crippen LogP contribution is 2.54. The van der Waals surface area contributed by atoms with Crippen LogP contribution >= 0.6 is 0 Å². The quantitative estimate of drug-likeness (QED) is 0.759. The van der Waals surface area contributed by atoms with Gasteiger partial charge >= 0.3 is 5.97 Å². The standard InChI is InChI=1S/C23H23N3O5/c1-4-25-15-8-6-5-7-14(15)23(22(25)29)17-16(31-19(24)18(23)21(28)30-3)11-12(2)26(20(17)27)13-9-10-13/h5-8,11,13H,4,9-10,24H2,1-3H3. The van der Waals surface area contributed by atoms with E-state index >= 15 is 0 Å². The van der Waals surface area contributed by atoms with Crippen molar-refractivity contribution in [1.29, 1.82) is 0 Å². The van der Waals surface area contributed by atoms with E-state index in [9.17, 15) is 14.4 Å². The Morgan fingerprint density at radius 2 is 2.00 bits per heavy atom.